The average molecular weight is 261 g/mol. The van der Waals surface area contributed by atoms with E-state index >= 15 is 0 Å². The van der Waals surface area contributed by atoms with Crippen LogP contribution in [0, 0.1) is 0 Å². The normalized spacial score (nSPS) is 9.00. The van der Waals surface area contributed by atoms with Crippen molar-refractivity contribution in [3.05, 3.63) is 0 Å². The van der Waals surface area contributed by atoms with E-state index in [1.807, 2.05) is 0 Å². The molecule has 1 nitrogen and oxygen atoms in total. The minimum atomic E-state index is -0.637. The van der Waals surface area contributed by atoms with Gasteiger partial charge in [-0.1, -0.05) is 20.8 Å². The second-order valence-electron chi connectivity index (χ2n) is 3.35. The molecule has 0 spiro atoms. The third kappa shape index (κ3) is 18.1. The predicted octanol–water partition coefficient (Wildman–Crippen LogP) is 2.72. The number of hydrogen-bond acceptors (Lipinski definition) is 1. The zero-order chi connectivity index (χ0) is 9.28. The van der Waals surface area contributed by atoms with Gasteiger partial charge in [0.25, 0.3) is 0 Å². The molecule has 0 fully saturated rings. The van der Waals surface area contributed by atoms with Crippen LogP contribution in [0.15, 0.2) is 0 Å². The van der Waals surface area contributed by atoms with Crippen molar-refractivity contribution < 1.29 is 0 Å². The van der Waals surface area contributed by atoms with Gasteiger partial charge in [-0.05, 0) is 19.6 Å². The van der Waals surface area contributed by atoms with Crippen molar-refractivity contribution in [3.8, 4) is 0 Å². The fraction of sp³-hybridized carbons (Fsp3) is 1.00. The molecule has 0 aliphatic heterocycles. The van der Waals surface area contributed by atoms with Gasteiger partial charge in [-0.3, -0.25) is 0 Å². The van der Waals surface area contributed by atoms with E-state index in [-0.39, 0.29) is 0 Å². The fourth-order valence-electron chi connectivity index (χ4n) is 0.671. The molecule has 0 saturated carbocycles. The first kappa shape index (κ1) is 14.4. The van der Waals surface area contributed by atoms with Gasteiger partial charge < -0.3 is 4.90 Å². The van der Waals surface area contributed by atoms with Crippen LogP contribution in [0.4, 0.5) is 0 Å². The van der Waals surface area contributed by atoms with Crippen molar-refractivity contribution >= 4 is 21.4 Å². The van der Waals surface area contributed by atoms with E-state index in [0.717, 1.165) is 0 Å². The molecule has 2 heteroatoms. The van der Waals surface area contributed by atoms with Crippen molar-refractivity contribution in [3.63, 3.8) is 0 Å². The summed E-state index contributed by atoms with van der Waals surface area (Å²) in [5, 5.41) is 0. The van der Waals surface area contributed by atoms with Gasteiger partial charge in [-0.2, -0.15) is 0 Å². The van der Waals surface area contributed by atoms with Crippen LogP contribution in [-0.4, -0.2) is 46.0 Å². The minimum absolute atomic E-state index is 0.637. The van der Waals surface area contributed by atoms with E-state index in [4.69, 9.17) is 0 Å². The Bertz CT molecular complexity index is 52.3. The van der Waals surface area contributed by atoms with Gasteiger partial charge in [-0.25, -0.2) is 0 Å². The summed E-state index contributed by atoms with van der Waals surface area (Å²) in [4.78, 5) is 2.38. The standard InChI is InChI=1S/C6H15N.3CH3.In/c1-4-7(5-2)6-3;;;;/h4-6H2,1-3H3;3*1H3;. The molecule has 68 valence electrons. The number of hydrogen-bond donors (Lipinski definition) is 0. The first-order valence-corrected chi connectivity index (χ1v) is 14.7. The van der Waals surface area contributed by atoms with Crippen molar-refractivity contribution in [2.45, 2.75) is 34.8 Å². The Morgan fingerprint density at radius 2 is 1.00 bits per heavy atom. The maximum atomic E-state index is 2.38. The molecule has 0 bridgehead atoms. The van der Waals surface area contributed by atoms with Gasteiger partial charge in [0.1, 0.15) is 0 Å². The first-order valence-electron chi connectivity index (χ1n) is 4.80. The zero-order valence-corrected chi connectivity index (χ0v) is 12.4. The van der Waals surface area contributed by atoms with E-state index in [1.54, 1.807) is 0 Å². The molecule has 0 aromatic heterocycles. The van der Waals surface area contributed by atoms with Crippen molar-refractivity contribution in [1.29, 1.82) is 0 Å². The average Bonchev–Trinajstić information content (AvgIpc) is 1.90. The van der Waals surface area contributed by atoms with Crippen LogP contribution in [0.2, 0.25) is 14.0 Å². The van der Waals surface area contributed by atoms with E-state index in [9.17, 15) is 0 Å². The summed E-state index contributed by atoms with van der Waals surface area (Å²) in [5.41, 5.74) is 0. The Kier molecular flexibility index (Phi) is 14.1. The van der Waals surface area contributed by atoms with E-state index in [2.05, 4.69) is 39.7 Å². The van der Waals surface area contributed by atoms with Crippen LogP contribution in [0.25, 0.3) is 0 Å². The summed E-state index contributed by atoms with van der Waals surface area (Å²) >= 11 is -0.637. The van der Waals surface area contributed by atoms with Gasteiger partial charge in [0.05, 0.1) is 0 Å². The van der Waals surface area contributed by atoms with Crippen LogP contribution in [-0.2, 0) is 0 Å². The Labute approximate surface area is 80.7 Å². The van der Waals surface area contributed by atoms with Crippen LogP contribution in [0.1, 0.15) is 20.8 Å². The molecule has 0 aliphatic carbocycles. The summed E-state index contributed by atoms with van der Waals surface area (Å²) < 4.78 is 7.13. The molecule has 0 aromatic carbocycles. The molecule has 0 rings (SSSR count). The topological polar surface area (TPSA) is 3.24 Å². The Hall–Kier alpha value is 0.830. The van der Waals surface area contributed by atoms with Gasteiger partial charge in [-0.15, -0.1) is 0 Å². The van der Waals surface area contributed by atoms with Crippen molar-refractivity contribution in [2.24, 2.45) is 0 Å². The molecule has 11 heavy (non-hydrogen) atoms. The van der Waals surface area contributed by atoms with Crippen LogP contribution >= 0.6 is 0 Å². The second kappa shape index (κ2) is 10.8. The summed E-state index contributed by atoms with van der Waals surface area (Å²) in [6, 6.07) is 0. The molecular formula is C9H24InN. The molecule has 0 heterocycles. The van der Waals surface area contributed by atoms with E-state index in [0.29, 0.717) is 0 Å². The first-order chi connectivity index (χ1) is 5.08. The van der Waals surface area contributed by atoms with Crippen LogP contribution in [0.3, 0.4) is 0 Å². The maximum absolute atomic E-state index is 2.38. The summed E-state index contributed by atoms with van der Waals surface area (Å²) in [6.45, 7) is 10.1. The van der Waals surface area contributed by atoms with Crippen LogP contribution in [0.5, 0.6) is 0 Å². The van der Waals surface area contributed by atoms with E-state index in [1.165, 1.54) is 19.6 Å². The Morgan fingerprint density at radius 3 is 1.00 bits per heavy atom. The van der Waals surface area contributed by atoms with Crippen molar-refractivity contribution in [1.82, 2.24) is 4.90 Å². The number of nitrogens with zero attached hydrogens (tertiary/aromatic N) is 1. The Balaban J connectivity index is 0. The van der Waals surface area contributed by atoms with Gasteiger partial charge in [0.2, 0.25) is 0 Å². The molecule has 0 radical (unpaired) electrons. The molecule has 0 unspecified atom stereocenters. The van der Waals surface area contributed by atoms with E-state index < -0.39 is 21.4 Å². The molecule has 0 amide bonds. The second-order valence-corrected chi connectivity index (χ2v) is 13.2. The van der Waals surface area contributed by atoms with Crippen LogP contribution < -0.4 is 0 Å². The van der Waals surface area contributed by atoms with Crippen molar-refractivity contribution in [2.75, 3.05) is 19.6 Å². The molecule has 0 N–H and O–H groups in total. The fourth-order valence-corrected chi connectivity index (χ4v) is 0.671. The summed E-state index contributed by atoms with van der Waals surface area (Å²) in [5.74, 6) is 0. The van der Waals surface area contributed by atoms with Gasteiger partial charge in [0, 0.05) is 0 Å². The molecule has 0 atom stereocenters. The predicted molar refractivity (Wildman–Crippen MR) is 56.8 cm³/mol. The quantitative estimate of drug-likeness (QED) is 0.755. The molecule has 0 aromatic rings. The summed E-state index contributed by atoms with van der Waals surface area (Å²) in [6.07, 6.45) is 0. The SMILES string of the molecule is CCN(CC)CC.[CH3][In]([CH3])[CH3]. The van der Waals surface area contributed by atoms with Gasteiger partial charge in [0.15, 0.2) is 0 Å². The third-order valence-corrected chi connectivity index (χ3v) is 1.34. The third-order valence-electron chi connectivity index (χ3n) is 1.34. The molecule has 0 aliphatic rings. The molecular weight excluding hydrogens is 237 g/mol. The molecule has 0 saturated heterocycles. The Morgan fingerprint density at radius 1 is 0.818 bits per heavy atom. The van der Waals surface area contributed by atoms with Gasteiger partial charge >= 0.3 is 35.5 Å². The monoisotopic (exact) mass is 261 g/mol. The number of rotatable bonds is 3. The summed E-state index contributed by atoms with van der Waals surface area (Å²) in [7, 11) is 0. The zero-order valence-electron chi connectivity index (χ0n) is 9.15.